The van der Waals surface area contributed by atoms with Gasteiger partial charge in [0, 0.05) is 11.6 Å². The summed E-state index contributed by atoms with van der Waals surface area (Å²) in [5.74, 6) is 1.39. The first-order valence-corrected chi connectivity index (χ1v) is 8.13. The fraction of sp³-hybridized carbons (Fsp3) is 0.150. The summed E-state index contributed by atoms with van der Waals surface area (Å²) in [5.41, 5.74) is 2.90. The minimum absolute atomic E-state index is 0.171. The van der Waals surface area contributed by atoms with Gasteiger partial charge in [-0.1, -0.05) is 41.1 Å². The highest BCUT2D eigenvalue weighted by Crippen LogP contribution is 2.17. The van der Waals surface area contributed by atoms with Crippen molar-refractivity contribution in [3.05, 3.63) is 71.6 Å². The van der Waals surface area contributed by atoms with Gasteiger partial charge in [-0.05, 0) is 36.8 Å². The van der Waals surface area contributed by atoms with Gasteiger partial charge in [0.15, 0.2) is 0 Å². The van der Waals surface area contributed by atoms with Crippen LogP contribution < -0.4 is 10.1 Å². The summed E-state index contributed by atoms with van der Waals surface area (Å²) in [7, 11) is 1.61. The van der Waals surface area contributed by atoms with E-state index in [1.165, 1.54) is 6.08 Å². The summed E-state index contributed by atoms with van der Waals surface area (Å²) in [5, 5.41) is 6.67. The molecule has 0 saturated heterocycles. The number of hydrogen-bond acceptors (Lipinski definition) is 5. The molecule has 3 rings (SSSR count). The SMILES string of the molecule is COc1ccc(/C=C/C(=O)NCc2nc(-c3cccc(C)c3)no2)cc1. The molecule has 0 atom stereocenters. The van der Waals surface area contributed by atoms with Gasteiger partial charge in [0.05, 0.1) is 13.7 Å². The molecule has 0 unspecified atom stereocenters. The zero-order valence-corrected chi connectivity index (χ0v) is 14.6. The van der Waals surface area contributed by atoms with E-state index in [1.54, 1.807) is 13.2 Å². The minimum atomic E-state index is -0.240. The smallest absolute Gasteiger partial charge is 0.246 e. The molecule has 0 aliphatic rings. The molecule has 1 amide bonds. The Hall–Kier alpha value is -3.41. The van der Waals surface area contributed by atoms with Gasteiger partial charge >= 0.3 is 0 Å². The summed E-state index contributed by atoms with van der Waals surface area (Å²) in [6, 6.07) is 15.2. The average Bonchev–Trinajstić information content (AvgIpc) is 3.14. The van der Waals surface area contributed by atoms with E-state index in [9.17, 15) is 4.79 Å². The predicted octanol–water partition coefficient (Wildman–Crippen LogP) is 3.38. The first-order valence-electron chi connectivity index (χ1n) is 8.13. The fourth-order valence-electron chi connectivity index (χ4n) is 2.34. The summed E-state index contributed by atoms with van der Waals surface area (Å²) >= 11 is 0. The highest BCUT2D eigenvalue weighted by molar-refractivity contribution is 5.91. The van der Waals surface area contributed by atoms with Crippen LogP contribution in [0.5, 0.6) is 5.75 Å². The van der Waals surface area contributed by atoms with E-state index in [4.69, 9.17) is 9.26 Å². The molecular weight excluding hydrogens is 330 g/mol. The summed E-state index contributed by atoms with van der Waals surface area (Å²) < 4.78 is 10.3. The number of aromatic nitrogens is 2. The van der Waals surface area contributed by atoms with Crippen LogP contribution in [-0.4, -0.2) is 23.2 Å². The Labute approximate surface area is 151 Å². The van der Waals surface area contributed by atoms with E-state index in [0.29, 0.717) is 11.7 Å². The van der Waals surface area contributed by atoms with Crippen LogP contribution in [0, 0.1) is 6.92 Å². The maximum absolute atomic E-state index is 11.9. The van der Waals surface area contributed by atoms with Gasteiger partial charge in [0.1, 0.15) is 5.75 Å². The topological polar surface area (TPSA) is 77.2 Å². The molecule has 3 aromatic rings. The third-order valence-corrected chi connectivity index (χ3v) is 3.70. The third-order valence-electron chi connectivity index (χ3n) is 3.70. The van der Waals surface area contributed by atoms with Crippen LogP contribution in [0.1, 0.15) is 17.0 Å². The number of nitrogens with one attached hydrogen (secondary N) is 1. The Morgan fingerprint density at radius 1 is 1.23 bits per heavy atom. The molecule has 0 bridgehead atoms. The van der Waals surface area contributed by atoms with Gasteiger partial charge in [-0.3, -0.25) is 4.79 Å². The molecule has 132 valence electrons. The molecule has 0 fully saturated rings. The molecule has 6 nitrogen and oxygen atoms in total. The fourth-order valence-corrected chi connectivity index (χ4v) is 2.34. The van der Waals surface area contributed by atoms with Gasteiger partial charge in [0.2, 0.25) is 17.6 Å². The predicted molar refractivity (Wildman–Crippen MR) is 98.3 cm³/mol. The van der Waals surface area contributed by atoms with Crippen molar-refractivity contribution >= 4 is 12.0 Å². The Bertz CT molecular complexity index is 914. The lowest BCUT2D eigenvalue weighted by molar-refractivity contribution is -0.116. The molecule has 2 aromatic carbocycles. The number of amides is 1. The number of carbonyl (C=O) groups is 1. The Morgan fingerprint density at radius 3 is 2.77 bits per heavy atom. The second-order valence-corrected chi connectivity index (χ2v) is 5.71. The number of hydrogen-bond donors (Lipinski definition) is 1. The largest absolute Gasteiger partial charge is 0.497 e. The number of benzene rings is 2. The maximum Gasteiger partial charge on any atom is 0.246 e. The van der Waals surface area contributed by atoms with Crippen molar-refractivity contribution in [3.8, 4) is 17.1 Å². The molecule has 0 saturated carbocycles. The number of nitrogens with zero attached hydrogens (tertiary/aromatic N) is 2. The monoisotopic (exact) mass is 349 g/mol. The molecule has 0 radical (unpaired) electrons. The molecule has 6 heteroatoms. The van der Waals surface area contributed by atoms with Gasteiger partial charge in [-0.25, -0.2) is 0 Å². The molecule has 0 spiro atoms. The molecule has 1 heterocycles. The molecular formula is C20H19N3O3. The van der Waals surface area contributed by atoms with Crippen LogP contribution in [0.4, 0.5) is 0 Å². The van der Waals surface area contributed by atoms with Crippen molar-refractivity contribution in [2.24, 2.45) is 0 Å². The second kappa shape index (κ2) is 8.11. The van der Waals surface area contributed by atoms with Crippen LogP contribution in [0.3, 0.4) is 0 Å². The van der Waals surface area contributed by atoms with Crippen molar-refractivity contribution in [2.45, 2.75) is 13.5 Å². The van der Waals surface area contributed by atoms with Gasteiger partial charge < -0.3 is 14.6 Å². The van der Waals surface area contributed by atoms with E-state index in [-0.39, 0.29) is 12.5 Å². The Kier molecular flexibility index (Phi) is 5.43. The number of ether oxygens (including phenoxy) is 1. The summed E-state index contributed by atoms with van der Waals surface area (Å²) in [4.78, 5) is 16.2. The van der Waals surface area contributed by atoms with E-state index in [1.807, 2.05) is 55.5 Å². The first-order chi connectivity index (χ1) is 12.6. The Morgan fingerprint density at radius 2 is 2.04 bits per heavy atom. The third kappa shape index (κ3) is 4.57. The highest BCUT2D eigenvalue weighted by atomic mass is 16.5. The molecule has 1 N–H and O–H groups in total. The van der Waals surface area contributed by atoms with Crippen molar-refractivity contribution < 1.29 is 14.1 Å². The average molecular weight is 349 g/mol. The van der Waals surface area contributed by atoms with Gasteiger partial charge in [-0.15, -0.1) is 0 Å². The summed E-state index contributed by atoms with van der Waals surface area (Å²) in [6.45, 7) is 2.17. The number of methoxy groups -OCH3 is 1. The van der Waals surface area contributed by atoms with E-state index < -0.39 is 0 Å². The van der Waals surface area contributed by atoms with Crippen LogP contribution in [-0.2, 0) is 11.3 Å². The molecule has 1 aromatic heterocycles. The molecule has 0 aliphatic heterocycles. The maximum atomic E-state index is 11.9. The van der Waals surface area contributed by atoms with E-state index in [2.05, 4.69) is 15.5 Å². The van der Waals surface area contributed by atoms with Crippen LogP contribution in [0.25, 0.3) is 17.5 Å². The van der Waals surface area contributed by atoms with E-state index in [0.717, 1.165) is 22.4 Å². The van der Waals surface area contributed by atoms with Crippen LogP contribution in [0.2, 0.25) is 0 Å². The molecule has 0 aliphatic carbocycles. The van der Waals surface area contributed by atoms with Crippen molar-refractivity contribution in [1.29, 1.82) is 0 Å². The number of rotatable bonds is 6. The van der Waals surface area contributed by atoms with E-state index >= 15 is 0 Å². The zero-order chi connectivity index (χ0) is 18.4. The lowest BCUT2D eigenvalue weighted by atomic mass is 10.1. The first kappa shape index (κ1) is 17.4. The second-order valence-electron chi connectivity index (χ2n) is 5.71. The van der Waals surface area contributed by atoms with Gasteiger partial charge in [-0.2, -0.15) is 4.98 Å². The zero-order valence-electron chi connectivity index (χ0n) is 14.6. The van der Waals surface area contributed by atoms with Crippen molar-refractivity contribution in [1.82, 2.24) is 15.5 Å². The lowest BCUT2D eigenvalue weighted by Crippen LogP contribution is -2.20. The molecule has 26 heavy (non-hydrogen) atoms. The Balaban J connectivity index is 1.55. The van der Waals surface area contributed by atoms with Crippen molar-refractivity contribution in [3.63, 3.8) is 0 Å². The van der Waals surface area contributed by atoms with Crippen molar-refractivity contribution in [2.75, 3.05) is 7.11 Å². The number of carbonyl (C=O) groups excluding carboxylic acids is 1. The minimum Gasteiger partial charge on any atom is -0.497 e. The lowest BCUT2D eigenvalue weighted by Gasteiger charge is -1.99. The standard InChI is InChI=1S/C20H19N3O3/c1-14-4-3-5-16(12-14)20-22-19(26-23-20)13-21-18(24)11-8-15-6-9-17(25-2)10-7-15/h3-12H,13H2,1-2H3,(H,21,24)/b11-8+. The highest BCUT2D eigenvalue weighted by Gasteiger charge is 2.09. The number of aryl methyl sites for hydroxylation is 1. The quantitative estimate of drug-likeness (QED) is 0.690. The summed E-state index contributed by atoms with van der Waals surface area (Å²) in [6.07, 6.45) is 3.18. The van der Waals surface area contributed by atoms with Crippen LogP contribution in [0.15, 0.2) is 59.1 Å². The van der Waals surface area contributed by atoms with Crippen LogP contribution >= 0.6 is 0 Å². The normalized spacial score (nSPS) is 10.8. The van der Waals surface area contributed by atoms with Gasteiger partial charge in [0.25, 0.3) is 0 Å².